The molecule has 100 valence electrons. The van der Waals surface area contributed by atoms with Crippen LogP contribution in [0.3, 0.4) is 0 Å². The van der Waals surface area contributed by atoms with Crippen LogP contribution in [0.25, 0.3) is 0 Å². The molecule has 0 radical (unpaired) electrons. The summed E-state index contributed by atoms with van der Waals surface area (Å²) in [7, 11) is 1.72. The third-order valence-corrected chi connectivity index (χ3v) is 4.82. The van der Waals surface area contributed by atoms with E-state index >= 15 is 0 Å². The molecule has 0 bridgehead atoms. The standard InChI is InChI=1S/C16H19NOS/c1-12-8-16-14(6-7-19-16)11-17(12)10-13-4-3-5-15(9-13)18-2/h3-7,9,12H,8,10-11H2,1-2H3. The summed E-state index contributed by atoms with van der Waals surface area (Å²) in [5.41, 5.74) is 2.83. The number of nitrogens with zero attached hydrogens (tertiary/aromatic N) is 1. The van der Waals surface area contributed by atoms with Crippen molar-refractivity contribution >= 4 is 11.3 Å². The van der Waals surface area contributed by atoms with Gasteiger partial charge in [-0.05, 0) is 48.1 Å². The van der Waals surface area contributed by atoms with Gasteiger partial charge >= 0.3 is 0 Å². The molecule has 1 atom stereocenters. The molecular weight excluding hydrogens is 254 g/mol. The van der Waals surface area contributed by atoms with Crippen LogP contribution in [0.4, 0.5) is 0 Å². The van der Waals surface area contributed by atoms with Crippen molar-refractivity contribution in [2.75, 3.05) is 7.11 Å². The van der Waals surface area contributed by atoms with E-state index in [1.54, 1.807) is 12.0 Å². The van der Waals surface area contributed by atoms with Gasteiger partial charge in [0.05, 0.1) is 7.11 Å². The van der Waals surface area contributed by atoms with Gasteiger partial charge in [0.25, 0.3) is 0 Å². The van der Waals surface area contributed by atoms with Crippen molar-refractivity contribution in [1.29, 1.82) is 0 Å². The summed E-state index contributed by atoms with van der Waals surface area (Å²) in [6.07, 6.45) is 1.18. The monoisotopic (exact) mass is 273 g/mol. The van der Waals surface area contributed by atoms with Gasteiger partial charge in [-0.25, -0.2) is 0 Å². The topological polar surface area (TPSA) is 12.5 Å². The lowest BCUT2D eigenvalue weighted by Gasteiger charge is -2.33. The molecule has 1 aliphatic heterocycles. The Balaban J connectivity index is 1.76. The van der Waals surface area contributed by atoms with E-state index < -0.39 is 0 Å². The van der Waals surface area contributed by atoms with E-state index in [1.165, 1.54) is 17.5 Å². The quantitative estimate of drug-likeness (QED) is 0.845. The maximum atomic E-state index is 5.30. The molecule has 19 heavy (non-hydrogen) atoms. The molecule has 0 saturated carbocycles. The van der Waals surface area contributed by atoms with Gasteiger partial charge < -0.3 is 4.74 Å². The average molecular weight is 273 g/mol. The van der Waals surface area contributed by atoms with Crippen LogP contribution in [0, 0.1) is 0 Å². The highest BCUT2D eigenvalue weighted by atomic mass is 32.1. The summed E-state index contributed by atoms with van der Waals surface area (Å²) in [5, 5.41) is 2.21. The van der Waals surface area contributed by atoms with Crippen molar-refractivity contribution in [2.24, 2.45) is 0 Å². The summed E-state index contributed by atoms with van der Waals surface area (Å²) < 4.78 is 5.30. The van der Waals surface area contributed by atoms with Crippen LogP contribution in [0.1, 0.15) is 22.9 Å². The number of hydrogen-bond donors (Lipinski definition) is 0. The number of rotatable bonds is 3. The highest BCUT2D eigenvalue weighted by Gasteiger charge is 2.23. The Morgan fingerprint density at radius 2 is 2.26 bits per heavy atom. The van der Waals surface area contributed by atoms with Crippen LogP contribution in [0.2, 0.25) is 0 Å². The third-order valence-electron chi connectivity index (χ3n) is 3.84. The molecule has 2 nitrogen and oxygen atoms in total. The molecule has 2 aromatic rings. The summed E-state index contributed by atoms with van der Waals surface area (Å²) in [5.74, 6) is 0.943. The van der Waals surface area contributed by atoms with Crippen LogP contribution < -0.4 is 4.74 Å². The molecule has 0 saturated heterocycles. The molecule has 2 heterocycles. The zero-order valence-corrected chi connectivity index (χ0v) is 12.2. The van der Waals surface area contributed by atoms with Crippen LogP contribution in [0.5, 0.6) is 5.75 Å². The van der Waals surface area contributed by atoms with Gasteiger partial charge in [-0.1, -0.05) is 12.1 Å². The van der Waals surface area contributed by atoms with E-state index in [0.717, 1.165) is 18.8 Å². The van der Waals surface area contributed by atoms with Gasteiger partial charge in [0.1, 0.15) is 5.75 Å². The Labute approximate surface area is 118 Å². The van der Waals surface area contributed by atoms with Gasteiger partial charge in [-0.15, -0.1) is 11.3 Å². The zero-order chi connectivity index (χ0) is 13.2. The van der Waals surface area contributed by atoms with E-state index in [0.29, 0.717) is 6.04 Å². The number of benzene rings is 1. The van der Waals surface area contributed by atoms with Crippen LogP contribution in [-0.2, 0) is 19.5 Å². The third kappa shape index (κ3) is 2.67. The molecule has 3 heteroatoms. The fraction of sp³-hybridized carbons (Fsp3) is 0.375. The second kappa shape index (κ2) is 5.35. The molecule has 0 spiro atoms. The summed E-state index contributed by atoms with van der Waals surface area (Å²) in [6, 6.07) is 11.3. The largest absolute Gasteiger partial charge is 0.497 e. The zero-order valence-electron chi connectivity index (χ0n) is 11.4. The number of thiophene rings is 1. The van der Waals surface area contributed by atoms with Crippen LogP contribution >= 0.6 is 11.3 Å². The van der Waals surface area contributed by atoms with Gasteiger partial charge in [-0.3, -0.25) is 4.90 Å². The normalized spacial score (nSPS) is 19.2. The summed E-state index contributed by atoms with van der Waals surface area (Å²) in [6.45, 7) is 4.38. The predicted octanol–water partition coefficient (Wildman–Crippen LogP) is 3.70. The van der Waals surface area contributed by atoms with E-state index in [-0.39, 0.29) is 0 Å². The molecule has 0 aliphatic carbocycles. The van der Waals surface area contributed by atoms with Gasteiger partial charge in [-0.2, -0.15) is 0 Å². The SMILES string of the molecule is COc1cccc(CN2Cc3ccsc3CC2C)c1. The van der Waals surface area contributed by atoms with Crippen molar-refractivity contribution in [3.63, 3.8) is 0 Å². The van der Waals surface area contributed by atoms with Crippen molar-refractivity contribution < 1.29 is 4.74 Å². The fourth-order valence-corrected chi connectivity index (χ4v) is 3.69. The maximum absolute atomic E-state index is 5.30. The van der Waals surface area contributed by atoms with E-state index in [2.05, 4.69) is 41.5 Å². The molecular formula is C16H19NOS. The second-order valence-corrected chi connectivity index (χ2v) is 6.18. The molecule has 0 fully saturated rings. The Hall–Kier alpha value is -1.32. The lowest BCUT2D eigenvalue weighted by molar-refractivity contribution is 0.177. The van der Waals surface area contributed by atoms with E-state index in [9.17, 15) is 0 Å². The average Bonchev–Trinajstić information content (AvgIpc) is 2.86. The van der Waals surface area contributed by atoms with Crippen LogP contribution in [0.15, 0.2) is 35.7 Å². The highest BCUT2D eigenvalue weighted by Crippen LogP contribution is 2.29. The van der Waals surface area contributed by atoms with Gasteiger partial charge in [0, 0.05) is 24.0 Å². The Morgan fingerprint density at radius 1 is 1.37 bits per heavy atom. The van der Waals surface area contributed by atoms with E-state index in [1.807, 2.05) is 17.4 Å². The molecule has 0 N–H and O–H groups in total. The minimum absolute atomic E-state index is 0.609. The first-order chi connectivity index (χ1) is 9.26. The summed E-state index contributed by atoms with van der Waals surface area (Å²) in [4.78, 5) is 4.11. The van der Waals surface area contributed by atoms with Crippen molar-refractivity contribution in [2.45, 2.75) is 32.5 Å². The van der Waals surface area contributed by atoms with Crippen molar-refractivity contribution in [1.82, 2.24) is 4.90 Å². The Morgan fingerprint density at radius 3 is 3.11 bits per heavy atom. The Kier molecular flexibility index (Phi) is 3.58. The minimum Gasteiger partial charge on any atom is -0.497 e. The first-order valence-corrected chi connectivity index (χ1v) is 7.56. The lowest BCUT2D eigenvalue weighted by atomic mass is 10.0. The maximum Gasteiger partial charge on any atom is 0.119 e. The second-order valence-electron chi connectivity index (χ2n) is 5.18. The number of ether oxygens (including phenoxy) is 1. The van der Waals surface area contributed by atoms with Gasteiger partial charge in [0.15, 0.2) is 0 Å². The molecule has 1 aromatic carbocycles. The molecule has 3 rings (SSSR count). The fourth-order valence-electron chi connectivity index (χ4n) is 2.68. The molecule has 1 aromatic heterocycles. The first-order valence-electron chi connectivity index (χ1n) is 6.68. The molecule has 0 amide bonds. The number of methoxy groups -OCH3 is 1. The lowest BCUT2D eigenvalue weighted by Crippen LogP contribution is -2.37. The smallest absolute Gasteiger partial charge is 0.119 e. The van der Waals surface area contributed by atoms with Crippen molar-refractivity contribution in [3.8, 4) is 5.75 Å². The Bertz CT molecular complexity index is 563. The first kappa shape index (κ1) is 12.7. The molecule has 1 aliphatic rings. The number of hydrogen-bond acceptors (Lipinski definition) is 3. The number of fused-ring (bicyclic) bond motifs is 1. The highest BCUT2D eigenvalue weighted by molar-refractivity contribution is 7.10. The van der Waals surface area contributed by atoms with E-state index in [4.69, 9.17) is 4.74 Å². The summed E-state index contributed by atoms with van der Waals surface area (Å²) >= 11 is 1.90. The minimum atomic E-state index is 0.609. The molecule has 1 unspecified atom stereocenters. The predicted molar refractivity (Wildman–Crippen MR) is 79.7 cm³/mol. The van der Waals surface area contributed by atoms with Crippen LogP contribution in [-0.4, -0.2) is 18.1 Å². The van der Waals surface area contributed by atoms with Gasteiger partial charge in [0.2, 0.25) is 0 Å². The van der Waals surface area contributed by atoms with Crippen molar-refractivity contribution in [3.05, 3.63) is 51.7 Å².